The lowest BCUT2D eigenvalue weighted by atomic mass is 9.92. The van der Waals surface area contributed by atoms with Gasteiger partial charge in [0.15, 0.2) is 5.76 Å². The second-order valence-electron chi connectivity index (χ2n) is 6.09. The number of aromatic hydroxyl groups is 1. The van der Waals surface area contributed by atoms with E-state index in [1.54, 1.807) is 12.1 Å². The fourth-order valence-corrected chi connectivity index (χ4v) is 2.95. The van der Waals surface area contributed by atoms with Gasteiger partial charge in [-0.2, -0.15) is 0 Å². The Morgan fingerprint density at radius 1 is 0.957 bits per heavy atom. The third kappa shape index (κ3) is 2.32. The minimum Gasteiger partial charge on any atom is -0.508 e. The first kappa shape index (κ1) is 14.0. The predicted octanol–water partition coefficient (Wildman–Crippen LogP) is 3.74. The van der Waals surface area contributed by atoms with Gasteiger partial charge < -0.3 is 14.7 Å². The number of phenols is 1. The van der Waals surface area contributed by atoms with Crippen molar-refractivity contribution in [1.29, 1.82) is 0 Å². The lowest BCUT2D eigenvalue weighted by molar-refractivity contribution is 0.226. The molecule has 0 atom stereocenters. The molecule has 1 aromatic heterocycles. The van der Waals surface area contributed by atoms with Gasteiger partial charge in [-0.1, -0.05) is 35.5 Å². The van der Waals surface area contributed by atoms with E-state index in [1.165, 1.54) is 0 Å². The first-order chi connectivity index (χ1) is 11.2. The molecular formula is C19H17NO3. The van der Waals surface area contributed by atoms with Crippen LogP contribution in [0.15, 0.2) is 59.1 Å². The molecule has 1 fully saturated rings. The Balaban J connectivity index is 1.92. The maximum absolute atomic E-state index is 9.78. The van der Waals surface area contributed by atoms with Crippen LogP contribution in [0.3, 0.4) is 0 Å². The van der Waals surface area contributed by atoms with Gasteiger partial charge in [0, 0.05) is 5.56 Å². The molecule has 0 amide bonds. The van der Waals surface area contributed by atoms with Crippen molar-refractivity contribution in [3.05, 3.63) is 60.4 Å². The number of phenolic OH excluding ortho intramolecular Hbond substituents is 1. The van der Waals surface area contributed by atoms with E-state index >= 15 is 0 Å². The normalized spacial score (nSPS) is 15.5. The van der Waals surface area contributed by atoms with Gasteiger partial charge in [-0.25, -0.2) is 0 Å². The monoisotopic (exact) mass is 307 g/mol. The summed E-state index contributed by atoms with van der Waals surface area (Å²) in [5, 5.41) is 23.6. The molecule has 0 radical (unpaired) electrons. The van der Waals surface area contributed by atoms with Crippen molar-refractivity contribution in [3.63, 3.8) is 0 Å². The van der Waals surface area contributed by atoms with Gasteiger partial charge in [0.2, 0.25) is 0 Å². The maximum atomic E-state index is 9.78. The molecule has 4 heteroatoms. The molecule has 2 N–H and O–H groups in total. The fourth-order valence-electron chi connectivity index (χ4n) is 2.95. The number of nitrogens with zero attached hydrogens (tertiary/aromatic N) is 1. The van der Waals surface area contributed by atoms with Crippen molar-refractivity contribution in [2.24, 2.45) is 0 Å². The Labute approximate surface area is 134 Å². The van der Waals surface area contributed by atoms with E-state index in [1.807, 2.05) is 42.5 Å². The van der Waals surface area contributed by atoms with Crippen molar-refractivity contribution in [3.8, 4) is 28.1 Å². The second kappa shape index (κ2) is 5.25. The second-order valence-corrected chi connectivity index (χ2v) is 6.09. The Morgan fingerprint density at radius 2 is 1.65 bits per heavy atom. The predicted molar refractivity (Wildman–Crippen MR) is 87.0 cm³/mol. The van der Waals surface area contributed by atoms with Crippen LogP contribution >= 0.6 is 0 Å². The van der Waals surface area contributed by atoms with E-state index in [4.69, 9.17) is 4.52 Å². The van der Waals surface area contributed by atoms with Gasteiger partial charge >= 0.3 is 0 Å². The zero-order valence-electron chi connectivity index (χ0n) is 12.6. The number of aliphatic hydroxyl groups is 1. The quantitative estimate of drug-likeness (QED) is 0.770. The average molecular weight is 307 g/mol. The van der Waals surface area contributed by atoms with Gasteiger partial charge in [-0.05, 0) is 42.7 Å². The van der Waals surface area contributed by atoms with E-state index in [-0.39, 0.29) is 17.8 Å². The molecule has 4 nitrogen and oxygen atoms in total. The summed E-state index contributed by atoms with van der Waals surface area (Å²) < 4.78 is 5.68. The summed E-state index contributed by atoms with van der Waals surface area (Å²) in [6, 6.07) is 16.9. The van der Waals surface area contributed by atoms with Gasteiger partial charge in [0.25, 0.3) is 0 Å². The summed E-state index contributed by atoms with van der Waals surface area (Å²) in [6.07, 6.45) is 1.82. The van der Waals surface area contributed by atoms with E-state index < -0.39 is 0 Å². The Kier molecular flexibility index (Phi) is 3.20. The number of rotatable bonds is 4. The standard InChI is InChI=1S/C19H17NO3/c21-12-19(10-11-19)18-16(13-4-2-1-3-5-13)17(20-23-18)14-6-8-15(22)9-7-14/h1-9,21-22H,10-12H2. The molecule has 116 valence electrons. The summed E-state index contributed by atoms with van der Waals surface area (Å²) in [6.45, 7) is 0.0665. The minimum atomic E-state index is -0.298. The number of hydrogen-bond acceptors (Lipinski definition) is 4. The molecule has 4 rings (SSSR count). The van der Waals surface area contributed by atoms with Crippen LogP contribution in [0.5, 0.6) is 5.75 Å². The molecule has 3 aromatic rings. The van der Waals surface area contributed by atoms with Crippen molar-refractivity contribution < 1.29 is 14.7 Å². The Morgan fingerprint density at radius 3 is 2.26 bits per heavy atom. The molecule has 1 aliphatic rings. The van der Waals surface area contributed by atoms with Crippen molar-refractivity contribution >= 4 is 0 Å². The van der Waals surface area contributed by atoms with Gasteiger partial charge in [0.1, 0.15) is 11.4 Å². The molecule has 0 spiro atoms. The van der Waals surface area contributed by atoms with Crippen LogP contribution in [0.25, 0.3) is 22.4 Å². The summed E-state index contributed by atoms with van der Waals surface area (Å²) in [5.74, 6) is 0.974. The fraction of sp³-hybridized carbons (Fsp3) is 0.211. The first-order valence-electron chi connectivity index (χ1n) is 7.69. The van der Waals surface area contributed by atoms with Crippen LogP contribution in [0.1, 0.15) is 18.6 Å². The lowest BCUT2D eigenvalue weighted by Gasteiger charge is -2.11. The van der Waals surface area contributed by atoms with Gasteiger partial charge in [0.05, 0.1) is 17.6 Å². The highest BCUT2D eigenvalue weighted by Gasteiger charge is 2.49. The molecular weight excluding hydrogens is 290 g/mol. The number of hydrogen-bond donors (Lipinski definition) is 2. The highest BCUT2D eigenvalue weighted by atomic mass is 16.5. The van der Waals surface area contributed by atoms with Crippen molar-refractivity contribution in [1.82, 2.24) is 5.16 Å². The van der Waals surface area contributed by atoms with Crippen LogP contribution in [0.2, 0.25) is 0 Å². The summed E-state index contributed by atoms with van der Waals surface area (Å²) >= 11 is 0. The molecule has 0 unspecified atom stereocenters. The van der Waals surface area contributed by atoms with Crippen LogP contribution in [0.4, 0.5) is 0 Å². The largest absolute Gasteiger partial charge is 0.508 e. The van der Waals surface area contributed by atoms with Gasteiger partial charge in [-0.3, -0.25) is 0 Å². The van der Waals surface area contributed by atoms with E-state index in [9.17, 15) is 10.2 Å². The molecule has 1 aliphatic carbocycles. The average Bonchev–Trinajstić information content (AvgIpc) is 3.27. The number of benzene rings is 2. The topological polar surface area (TPSA) is 66.5 Å². The molecule has 1 saturated carbocycles. The smallest absolute Gasteiger partial charge is 0.153 e. The SMILES string of the molecule is OCC1(c2onc(-c3ccc(O)cc3)c2-c2ccccc2)CC1. The molecule has 0 bridgehead atoms. The summed E-state index contributed by atoms with van der Waals surface area (Å²) in [4.78, 5) is 0. The van der Waals surface area contributed by atoms with Crippen molar-refractivity contribution in [2.45, 2.75) is 18.3 Å². The van der Waals surface area contributed by atoms with Crippen molar-refractivity contribution in [2.75, 3.05) is 6.61 Å². The lowest BCUT2D eigenvalue weighted by Crippen LogP contribution is -2.12. The molecule has 23 heavy (non-hydrogen) atoms. The summed E-state index contributed by atoms with van der Waals surface area (Å²) in [7, 11) is 0. The minimum absolute atomic E-state index is 0.0665. The number of aliphatic hydroxyl groups excluding tert-OH is 1. The highest BCUT2D eigenvalue weighted by molar-refractivity contribution is 5.83. The van der Waals surface area contributed by atoms with Crippen LogP contribution in [0, 0.1) is 0 Å². The molecule has 2 aromatic carbocycles. The third-order valence-electron chi connectivity index (χ3n) is 4.53. The van der Waals surface area contributed by atoms with Crippen LogP contribution < -0.4 is 0 Å². The summed E-state index contributed by atoms with van der Waals surface area (Å²) in [5.41, 5.74) is 3.28. The maximum Gasteiger partial charge on any atom is 0.153 e. The molecule has 0 aliphatic heterocycles. The zero-order valence-corrected chi connectivity index (χ0v) is 12.6. The highest BCUT2D eigenvalue weighted by Crippen LogP contribution is 2.52. The van der Waals surface area contributed by atoms with E-state index in [0.29, 0.717) is 0 Å². The molecule has 0 saturated heterocycles. The Bertz CT molecular complexity index is 818. The third-order valence-corrected chi connectivity index (χ3v) is 4.53. The van der Waals surface area contributed by atoms with Crippen LogP contribution in [-0.4, -0.2) is 22.0 Å². The van der Waals surface area contributed by atoms with Gasteiger partial charge in [-0.15, -0.1) is 0 Å². The zero-order chi connectivity index (χ0) is 15.9. The molecule has 1 heterocycles. The number of aromatic nitrogens is 1. The Hall–Kier alpha value is -2.59. The first-order valence-corrected chi connectivity index (χ1v) is 7.69. The van der Waals surface area contributed by atoms with Crippen LogP contribution in [-0.2, 0) is 5.41 Å². The van der Waals surface area contributed by atoms with E-state index in [2.05, 4.69) is 5.16 Å². The van der Waals surface area contributed by atoms with E-state index in [0.717, 1.165) is 41.0 Å².